The lowest BCUT2D eigenvalue weighted by molar-refractivity contribution is -0.174. The van der Waals surface area contributed by atoms with E-state index in [1.54, 1.807) is 7.05 Å². The minimum absolute atomic E-state index is 0.0370. The van der Waals surface area contributed by atoms with Gasteiger partial charge in [-0.2, -0.15) is 13.2 Å². The summed E-state index contributed by atoms with van der Waals surface area (Å²) in [7, 11) is 3.14. The summed E-state index contributed by atoms with van der Waals surface area (Å²) in [5, 5.41) is 2.95. The average Bonchev–Trinajstić information content (AvgIpc) is 2.38. The average molecular weight is 279 g/mol. The molecule has 8 heteroatoms. The van der Waals surface area contributed by atoms with Crippen molar-refractivity contribution >= 4 is 0 Å². The molecule has 1 aromatic rings. The van der Waals surface area contributed by atoms with Crippen molar-refractivity contribution in [2.45, 2.75) is 18.6 Å². The van der Waals surface area contributed by atoms with Gasteiger partial charge in [0.25, 0.3) is 0 Å². The van der Waals surface area contributed by atoms with Crippen molar-refractivity contribution in [3.8, 4) is 5.88 Å². The number of hydrogen-bond acceptors (Lipinski definition) is 5. The van der Waals surface area contributed by atoms with E-state index in [9.17, 15) is 13.2 Å². The zero-order valence-electron chi connectivity index (χ0n) is 10.7. The van der Waals surface area contributed by atoms with Crippen LogP contribution in [-0.4, -0.2) is 43.5 Å². The molecule has 0 aliphatic heterocycles. The molecule has 1 unspecified atom stereocenters. The third kappa shape index (κ3) is 5.39. The molecule has 1 heterocycles. The maximum atomic E-state index is 11.9. The van der Waals surface area contributed by atoms with Crippen molar-refractivity contribution < 1.29 is 22.6 Å². The number of aromatic nitrogens is 2. The van der Waals surface area contributed by atoms with E-state index < -0.39 is 12.8 Å². The first-order valence-electron chi connectivity index (χ1n) is 5.64. The van der Waals surface area contributed by atoms with E-state index in [0.717, 1.165) is 0 Å². The Morgan fingerprint density at radius 3 is 2.58 bits per heavy atom. The van der Waals surface area contributed by atoms with Crippen molar-refractivity contribution in [2.24, 2.45) is 0 Å². The lowest BCUT2D eigenvalue weighted by Gasteiger charge is -2.17. The maximum absolute atomic E-state index is 11.9. The summed E-state index contributed by atoms with van der Waals surface area (Å²) >= 11 is 0. The summed E-state index contributed by atoms with van der Waals surface area (Å²) in [5.41, 5.74) is 0.545. The van der Waals surface area contributed by atoms with Gasteiger partial charge in [-0.15, -0.1) is 0 Å². The third-order valence-corrected chi connectivity index (χ3v) is 2.38. The molecule has 0 saturated heterocycles. The van der Waals surface area contributed by atoms with E-state index in [2.05, 4.69) is 20.0 Å². The fraction of sp³-hybridized carbons (Fsp3) is 0.636. The molecule has 108 valence electrons. The van der Waals surface area contributed by atoms with Crippen molar-refractivity contribution in [2.75, 3.05) is 27.4 Å². The molecule has 0 fully saturated rings. The topological polar surface area (TPSA) is 56.3 Å². The van der Waals surface area contributed by atoms with Crippen LogP contribution < -0.4 is 10.1 Å². The second kappa shape index (κ2) is 7.25. The summed E-state index contributed by atoms with van der Waals surface area (Å²) in [5.74, 6) is 0.345. The fourth-order valence-corrected chi connectivity index (χ4v) is 1.54. The van der Waals surface area contributed by atoms with Gasteiger partial charge in [-0.3, -0.25) is 4.98 Å². The van der Waals surface area contributed by atoms with Crippen molar-refractivity contribution in [1.29, 1.82) is 0 Å². The van der Waals surface area contributed by atoms with Crippen molar-refractivity contribution in [3.63, 3.8) is 0 Å². The highest BCUT2D eigenvalue weighted by atomic mass is 19.4. The summed E-state index contributed by atoms with van der Waals surface area (Å²) in [6.45, 7) is -1.29. The van der Waals surface area contributed by atoms with E-state index in [0.29, 0.717) is 18.0 Å². The Bertz CT molecular complexity index is 388. The molecule has 0 bridgehead atoms. The SMILES string of the molecule is CNC(CCOCC(F)(F)F)c1nccnc1OC. The zero-order valence-corrected chi connectivity index (χ0v) is 10.7. The Kier molecular flexibility index (Phi) is 5.97. The Balaban J connectivity index is 2.54. The van der Waals surface area contributed by atoms with Gasteiger partial charge >= 0.3 is 6.18 Å². The van der Waals surface area contributed by atoms with Gasteiger partial charge in [0.2, 0.25) is 5.88 Å². The molecule has 19 heavy (non-hydrogen) atoms. The number of ether oxygens (including phenoxy) is 2. The van der Waals surface area contributed by atoms with Crippen LogP contribution in [0.15, 0.2) is 12.4 Å². The molecule has 0 saturated carbocycles. The van der Waals surface area contributed by atoms with E-state index in [1.807, 2.05) is 0 Å². The Hall–Kier alpha value is -1.41. The van der Waals surface area contributed by atoms with Gasteiger partial charge < -0.3 is 14.8 Å². The smallest absolute Gasteiger partial charge is 0.411 e. The van der Waals surface area contributed by atoms with Crippen molar-refractivity contribution in [3.05, 3.63) is 18.1 Å². The standard InChI is InChI=1S/C11H16F3N3O2/c1-15-8(3-6-19-7-11(12,13)14)9-10(18-2)17-5-4-16-9/h4-5,8,15H,3,6-7H2,1-2H3. The van der Waals surface area contributed by atoms with Gasteiger partial charge in [-0.05, 0) is 13.5 Å². The number of hydrogen-bond donors (Lipinski definition) is 1. The summed E-state index contributed by atoms with van der Waals surface area (Å²) in [6, 6.07) is -0.281. The Morgan fingerprint density at radius 2 is 2.00 bits per heavy atom. The van der Waals surface area contributed by atoms with E-state index in [-0.39, 0.29) is 12.6 Å². The van der Waals surface area contributed by atoms with Crippen LogP contribution in [0.1, 0.15) is 18.2 Å². The number of methoxy groups -OCH3 is 1. The zero-order chi connectivity index (χ0) is 14.3. The highest BCUT2D eigenvalue weighted by molar-refractivity contribution is 5.20. The maximum Gasteiger partial charge on any atom is 0.411 e. The van der Waals surface area contributed by atoms with Crippen LogP contribution in [0.3, 0.4) is 0 Å². The molecule has 1 rings (SSSR count). The van der Waals surface area contributed by atoms with Gasteiger partial charge in [-0.25, -0.2) is 4.98 Å². The molecule has 5 nitrogen and oxygen atoms in total. The first-order valence-corrected chi connectivity index (χ1v) is 5.64. The van der Waals surface area contributed by atoms with Crippen LogP contribution in [0.25, 0.3) is 0 Å². The molecule has 0 spiro atoms. The van der Waals surface area contributed by atoms with E-state index in [4.69, 9.17) is 4.74 Å². The summed E-state index contributed by atoms with van der Waals surface area (Å²) in [4.78, 5) is 8.11. The van der Waals surface area contributed by atoms with E-state index in [1.165, 1.54) is 19.5 Å². The number of nitrogens with one attached hydrogen (secondary N) is 1. The third-order valence-electron chi connectivity index (χ3n) is 2.38. The van der Waals surface area contributed by atoms with Gasteiger partial charge in [-0.1, -0.05) is 0 Å². The summed E-state index contributed by atoms with van der Waals surface area (Å²) in [6.07, 6.45) is -0.991. The largest absolute Gasteiger partial charge is 0.480 e. The van der Waals surface area contributed by atoms with Gasteiger partial charge in [0, 0.05) is 19.0 Å². The minimum atomic E-state index is -4.31. The molecular weight excluding hydrogens is 263 g/mol. The first kappa shape index (κ1) is 15.6. The number of nitrogens with zero attached hydrogens (tertiary/aromatic N) is 2. The molecule has 0 radical (unpaired) electrons. The van der Waals surface area contributed by atoms with Gasteiger partial charge in [0.05, 0.1) is 13.2 Å². The number of alkyl halides is 3. The second-order valence-electron chi connectivity index (χ2n) is 3.75. The van der Waals surface area contributed by atoms with Gasteiger partial charge in [0.15, 0.2) is 0 Å². The molecule has 0 aliphatic carbocycles. The molecule has 0 aliphatic rings. The molecule has 0 amide bonds. The lowest BCUT2D eigenvalue weighted by Crippen LogP contribution is -2.23. The normalized spacial score (nSPS) is 13.3. The molecule has 1 N–H and O–H groups in total. The first-order chi connectivity index (χ1) is 8.98. The molecule has 1 atom stereocenters. The molecule has 0 aromatic carbocycles. The van der Waals surface area contributed by atoms with Crippen molar-refractivity contribution in [1.82, 2.24) is 15.3 Å². The minimum Gasteiger partial charge on any atom is -0.480 e. The Morgan fingerprint density at radius 1 is 1.32 bits per heavy atom. The summed E-state index contributed by atoms with van der Waals surface area (Å²) < 4.78 is 45.4. The molecule has 1 aromatic heterocycles. The quantitative estimate of drug-likeness (QED) is 0.770. The van der Waals surface area contributed by atoms with Crippen LogP contribution in [0.2, 0.25) is 0 Å². The van der Waals surface area contributed by atoms with E-state index >= 15 is 0 Å². The second-order valence-corrected chi connectivity index (χ2v) is 3.75. The van der Waals surface area contributed by atoms with Crippen LogP contribution >= 0.6 is 0 Å². The van der Waals surface area contributed by atoms with Crippen LogP contribution in [-0.2, 0) is 4.74 Å². The predicted octanol–water partition coefficient (Wildman–Crippen LogP) is 1.71. The van der Waals surface area contributed by atoms with Crippen LogP contribution in [0.5, 0.6) is 5.88 Å². The number of rotatable bonds is 7. The number of halogens is 3. The van der Waals surface area contributed by atoms with Crippen LogP contribution in [0.4, 0.5) is 13.2 Å². The van der Waals surface area contributed by atoms with Gasteiger partial charge in [0.1, 0.15) is 12.3 Å². The highest BCUT2D eigenvalue weighted by Gasteiger charge is 2.27. The van der Waals surface area contributed by atoms with Crippen LogP contribution in [0, 0.1) is 0 Å². The fourth-order valence-electron chi connectivity index (χ4n) is 1.54. The predicted molar refractivity (Wildman–Crippen MR) is 61.9 cm³/mol. The Labute approximate surface area is 109 Å². The highest BCUT2D eigenvalue weighted by Crippen LogP contribution is 2.22. The molecular formula is C11H16F3N3O2. The monoisotopic (exact) mass is 279 g/mol. The lowest BCUT2D eigenvalue weighted by atomic mass is 10.1.